The van der Waals surface area contributed by atoms with Crippen molar-refractivity contribution in [2.75, 3.05) is 0 Å². The van der Waals surface area contributed by atoms with Crippen LogP contribution in [-0.4, -0.2) is 15.7 Å². The highest BCUT2D eigenvalue weighted by molar-refractivity contribution is 7.16. The van der Waals surface area contributed by atoms with Crippen molar-refractivity contribution in [3.8, 4) is 0 Å². The molecule has 0 saturated carbocycles. The van der Waals surface area contributed by atoms with Gasteiger partial charge in [0.15, 0.2) is 5.52 Å². The SMILES string of the molecule is CC(C)C(=O)Cc1ccc2scnc2c1[N+](=O)[O-]. The number of nitro groups is 1. The first-order valence-electron chi connectivity index (χ1n) is 5.53. The molecule has 2 aromatic rings. The van der Waals surface area contributed by atoms with Crippen molar-refractivity contribution in [2.24, 2.45) is 5.92 Å². The van der Waals surface area contributed by atoms with E-state index < -0.39 is 4.92 Å². The normalized spacial score (nSPS) is 11.1. The first-order chi connectivity index (χ1) is 8.50. The number of carbonyl (C=O) groups is 1. The summed E-state index contributed by atoms with van der Waals surface area (Å²) in [5.41, 5.74) is 2.35. The van der Waals surface area contributed by atoms with Gasteiger partial charge in [-0.25, -0.2) is 4.98 Å². The van der Waals surface area contributed by atoms with Gasteiger partial charge in [-0.1, -0.05) is 19.9 Å². The average molecular weight is 264 g/mol. The molecule has 1 heterocycles. The molecule has 0 amide bonds. The van der Waals surface area contributed by atoms with Gasteiger partial charge >= 0.3 is 0 Å². The first-order valence-corrected chi connectivity index (χ1v) is 6.41. The minimum Gasteiger partial charge on any atom is -0.299 e. The topological polar surface area (TPSA) is 73.1 Å². The zero-order chi connectivity index (χ0) is 13.3. The van der Waals surface area contributed by atoms with Crippen LogP contribution < -0.4 is 0 Å². The molecule has 6 heteroatoms. The van der Waals surface area contributed by atoms with Crippen molar-refractivity contribution in [1.82, 2.24) is 4.98 Å². The predicted octanol–water partition coefficient (Wildman–Crippen LogP) is 2.97. The molecule has 94 valence electrons. The van der Waals surface area contributed by atoms with Crippen molar-refractivity contribution in [3.05, 3.63) is 33.3 Å². The summed E-state index contributed by atoms with van der Waals surface area (Å²) in [6, 6.07) is 3.43. The molecule has 2 rings (SSSR count). The fourth-order valence-corrected chi connectivity index (χ4v) is 2.38. The van der Waals surface area contributed by atoms with E-state index in [1.54, 1.807) is 31.5 Å². The molecule has 0 aliphatic rings. The van der Waals surface area contributed by atoms with Gasteiger partial charge in [0.2, 0.25) is 0 Å². The van der Waals surface area contributed by atoms with Gasteiger partial charge < -0.3 is 0 Å². The van der Waals surface area contributed by atoms with Crippen molar-refractivity contribution >= 4 is 33.0 Å². The standard InChI is InChI=1S/C12H12N2O3S/c1-7(2)9(15)5-8-3-4-10-11(13-6-18-10)12(8)14(16)17/h3-4,6-7H,5H2,1-2H3. The fraction of sp³-hybridized carbons (Fsp3) is 0.333. The molecule has 0 bridgehead atoms. The number of benzene rings is 1. The number of aromatic nitrogens is 1. The van der Waals surface area contributed by atoms with Gasteiger partial charge in [0.05, 0.1) is 15.1 Å². The van der Waals surface area contributed by atoms with E-state index in [2.05, 4.69) is 4.98 Å². The monoisotopic (exact) mass is 264 g/mol. The Morgan fingerprint density at radius 1 is 1.50 bits per heavy atom. The number of hydrogen-bond acceptors (Lipinski definition) is 5. The number of carbonyl (C=O) groups excluding carboxylic acids is 1. The van der Waals surface area contributed by atoms with Gasteiger partial charge in [0.1, 0.15) is 5.78 Å². The van der Waals surface area contributed by atoms with Gasteiger partial charge in [-0.3, -0.25) is 14.9 Å². The fourth-order valence-electron chi connectivity index (χ4n) is 1.70. The molecule has 5 nitrogen and oxygen atoms in total. The summed E-state index contributed by atoms with van der Waals surface area (Å²) in [5, 5.41) is 11.1. The van der Waals surface area contributed by atoms with Crippen LogP contribution in [0.3, 0.4) is 0 Å². The van der Waals surface area contributed by atoms with Crippen LogP contribution in [0.15, 0.2) is 17.6 Å². The van der Waals surface area contributed by atoms with E-state index in [4.69, 9.17) is 0 Å². The van der Waals surface area contributed by atoms with E-state index in [1.165, 1.54) is 11.3 Å². The molecule has 0 aliphatic carbocycles. The molecule has 0 radical (unpaired) electrons. The molecular formula is C12H12N2O3S. The third-order valence-electron chi connectivity index (χ3n) is 2.75. The number of Topliss-reactive ketones (excluding diaryl/α,β-unsaturated/α-hetero) is 1. The van der Waals surface area contributed by atoms with Crippen molar-refractivity contribution < 1.29 is 9.72 Å². The molecule has 18 heavy (non-hydrogen) atoms. The zero-order valence-electron chi connectivity index (χ0n) is 10.0. The summed E-state index contributed by atoms with van der Waals surface area (Å²) in [4.78, 5) is 26.4. The van der Waals surface area contributed by atoms with Crippen LogP contribution >= 0.6 is 11.3 Å². The largest absolute Gasteiger partial charge is 0.299 e. The number of thiazole rings is 1. The Kier molecular flexibility index (Phi) is 3.38. The Labute approximate surface area is 108 Å². The molecule has 1 aromatic heterocycles. The quantitative estimate of drug-likeness (QED) is 0.628. The van der Waals surface area contributed by atoms with Gasteiger partial charge in [-0.15, -0.1) is 11.3 Å². The van der Waals surface area contributed by atoms with Gasteiger partial charge in [0.25, 0.3) is 5.69 Å². The molecule has 0 saturated heterocycles. The van der Waals surface area contributed by atoms with Crippen molar-refractivity contribution in [3.63, 3.8) is 0 Å². The van der Waals surface area contributed by atoms with Crippen LogP contribution in [0.1, 0.15) is 19.4 Å². The van der Waals surface area contributed by atoms with Crippen LogP contribution in [0.5, 0.6) is 0 Å². The Bertz CT molecular complexity index is 619. The highest BCUT2D eigenvalue weighted by atomic mass is 32.1. The number of nitrogens with zero attached hydrogens (tertiary/aromatic N) is 2. The van der Waals surface area contributed by atoms with Gasteiger partial charge in [-0.2, -0.15) is 0 Å². The lowest BCUT2D eigenvalue weighted by Gasteiger charge is -2.05. The predicted molar refractivity (Wildman–Crippen MR) is 69.8 cm³/mol. The Morgan fingerprint density at radius 3 is 2.83 bits per heavy atom. The van der Waals surface area contributed by atoms with Crippen LogP contribution in [-0.2, 0) is 11.2 Å². The summed E-state index contributed by atoms with van der Waals surface area (Å²) in [7, 11) is 0. The molecular weight excluding hydrogens is 252 g/mol. The zero-order valence-corrected chi connectivity index (χ0v) is 10.9. The Hall–Kier alpha value is -1.82. The Morgan fingerprint density at radius 2 is 2.22 bits per heavy atom. The third kappa shape index (κ3) is 2.24. The van der Waals surface area contributed by atoms with E-state index in [0.29, 0.717) is 11.1 Å². The molecule has 0 unspecified atom stereocenters. The van der Waals surface area contributed by atoms with Crippen molar-refractivity contribution in [1.29, 1.82) is 0 Å². The van der Waals surface area contributed by atoms with E-state index in [1.807, 2.05) is 0 Å². The summed E-state index contributed by atoms with van der Waals surface area (Å²) < 4.78 is 0.766. The Balaban J connectivity index is 2.53. The minimum absolute atomic E-state index is 0.00678. The number of rotatable bonds is 4. The smallest absolute Gasteiger partial charge is 0.299 e. The number of hydrogen-bond donors (Lipinski definition) is 0. The summed E-state index contributed by atoms with van der Waals surface area (Å²) in [6.07, 6.45) is 0.0848. The summed E-state index contributed by atoms with van der Waals surface area (Å²) in [5.74, 6) is -0.136. The highest BCUT2D eigenvalue weighted by Gasteiger charge is 2.22. The lowest BCUT2D eigenvalue weighted by atomic mass is 9.99. The second-order valence-corrected chi connectivity index (χ2v) is 5.21. The van der Waals surface area contributed by atoms with E-state index in [9.17, 15) is 14.9 Å². The number of ketones is 1. The highest BCUT2D eigenvalue weighted by Crippen LogP contribution is 2.31. The first kappa shape index (κ1) is 12.6. The molecule has 0 fully saturated rings. The van der Waals surface area contributed by atoms with Gasteiger partial charge in [-0.05, 0) is 6.07 Å². The van der Waals surface area contributed by atoms with E-state index in [-0.39, 0.29) is 23.8 Å². The molecule has 0 N–H and O–H groups in total. The van der Waals surface area contributed by atoms with Crippen LogP contribution in [0.4, 0.5) is 5.69 Å². The van der Waals surface area contributed by atoms with Crippen molar-refractivity contribution in [2.45, 2.75) is 20.3 Å². The molecule has 1 aromatic carbocycles. The summed E-state index contributed by atoms with van der Waals surface area (Å²) >= 11 is 1.35. The summed E-state index contributed by atoms with van der Waals surface area (Å²) in [6.45, 7) is 3.57. The average Bonchev–Trinajstić information content (AvgIpc) is 2.75. The lowest BCUT2D eigenvalue weighted by molar-refractivity contribution is -0.383. The lowest BCUT2D eigenvalue weighted by Crippen LogP contribution is -2.11. The molecule has 0 aliphatic heterocycles. The second kappa shape index (κ2) is 4.81. The van der Waals surface area contributed by atoms with Crippen LogP contribution in [0.2, 0.25) is 0 Å². The van der Waals surface area contributed by atoms with Crippen LogP contribution in [0.25, 0.3) is 10.2 Å². The maximum absolute atomic E-state index is 11.7. The second-order valence-electron chi connectivity index (χ2n) is 4.33. The van der Waals surface area contributed by atoms with Gasteiger partial charge in [0, 0.05) is 17.9 Å². The van der Waals surface area contributed by atoms with E-state index >= 15 is 0 Å². The third-order valence-corrected chi connectivity index (χ3v) is 3.54. The van der Waals surface area contributed by atoms with Crippen LogP contribution in [0, 0.1) is 16.0 Å². The number of nitro benzene ring substituents is 1. The minimum atomic E-state index is -0.453. The number of fused-ring (bicyclic) bond motifs is 1. The molecule has 0 spiro atoms. The maximum atomic E-state index is 11.7. The maximum Gasteiger partial charge on any atom is 0.299 e. The van der Waals surface area contributed by atoms with E-state index in [0.717, 1.165) is 4.70 Å². The molecule has 0 atom stereocenters.